The van der Waals surface area contributed by atoms with Crippen molar-refractivity contribution in [1.82, 2.24) is 9.97 Å². The van der Waals surface area contributed by atoms with Gasteiger partial charge in [-0.2, -0.15) is 0 Å². The largest absolute Gasteiger partial charge is 0.496 e. The highest BCUT2D eigenvalue weighted by atomic mass is 16.5. The van der Waals surface area contributed by atoms with E-state index in [2.05, 4.69) is 15.3 Å². The number of nitrogens with zero attached hydrogens (tertiary/aromatic N) is 1. The molecule has 0 saturated heterocycles. The molecule has 8 heteroatoms. The van der Waals surface area contributed by atoms with Gasteiger partial charge in [0, 0.05) is 11.8 Å². The van der Waals surface area contributed by atoms with Crippen molar-refractivity contribution in [3.63, 3.8) is 0 Å². The molecule has 0 aliphatic carbocycles. The summed E-state index contributed by atoms with van der Waals surface area (Å²) >= 11 is 0. The zero-order chi connectivity index (χ0) is 14.7. The molecule has 2 aromatic rings. The minimum absolute atomic E-state index is 0.0323. The number of aromatic carboxylic acids is 1. The van der Waals surface area contributed by atoms with Crippen LogP contribution in [0.15, 0.2) is 29.3 Å². The average Bonchev–Trinajstić information content (AvgIpc) is 2.43. The Morgan fingerprint density at radius 1 is 1.50 bits per heavy atom. The zero-order valence-electron chi connectivity index (χ0n) is 10.5. The van der Waals surface area contributed by atoms with Crippen LogP contribution in [-0.2, 0) is 0 Å². The summed E-state index contributed by atoms with van der Waals surface area (Å²) in [5.41, 5.74) is 5.59. The van der Waals surface area contributed by atoms with Crippen molar-refractivity contribution >= 4 is 23.2 Å². The number of nitrogen functional groups attached to an aromatic ring is 1. The molecule has 1 aromatic heterocycles. The summed E-state index contributed by atoms with van der Waals surface area (Å²) in [5, 5.41) is 11.8. The average molecular weight is 276 g/mol. The first-order valence-corrected chi connectivity index (χ1v) is 5.54. The number of hydrogen-bond donors (Lipinski definition) is 4. The highest BCUT2D eigenvalue weighted by Gasteiger charge is 2.12. The number of methoxy groups -OCH3 is 1. The molecular weight excluding hydrogens is 264 g/mol. The lowest BCUT2D eigenvalue weighted by Gasteiger charge is -2.10. The number of ether oxygens (including phenoxy) is 1. The molecule has 0 atom stereocenters. The molecule has 0 amide bonds. The molecule has 2 rings (SSSR count). The lowest BCUT2D eigenvalue weighted by molar-refractivity contribution is 0.0693. The summed E-state index contributed by atoms with van der Waals surface area (Å²) in [7, 11) is 1.37. The van der Waals surface area contributed by atoms with E-state index in [9.17, 15) is 9.59 Å². The summed E-state index contributed by atoms with van der Waals surface area (Å²) in [5.74, 6) is -0.730. The molecule has 0 fully saturated rings. The lowest BCUT2D eigenvalue weighted by atomic mass is 10.2. The second-order valence-corrected chi connectivity index (χ2v) is 3.84. The Kier molecular flexibility index (Phi) is 3.56. The third-order valence-electron chi connectivity index (χ3n) is 2.58. The molecule has 1 heterocycles. The second-order valence-electron chi connectivity index (χ2n) is 3.84. The van der Waals surface area contributed by atoms with E-state index >= 15 is 0 Å². The van der Waals surface area contributed by atoms with Crippen molar-refractivity contribution < 1.29 is 14.6 Å². The van der Waals surface area contributed by atoms with Crippen LogP contribution in [0.25, 0.3) is 0 Å². The Labute approximate surface area is 113 Å². The van der Waals surface area contributed by atoms with Crippen LogP contribution in [-0.4, -0.2) is 28.2 Å². The second kappa shape index (κ2) is 5.31. The van der Waals surface area contributed by atoms with Crippen molar-refractivity contribution in [2.75, 3.05) is 18.2 Å². The highest BCUT2D eigenvalue weighted by molar-refractivity contribution is 5.91. The number of hydrogen-bond acceptors (Lipinski definition) is 6. The van der Waals surface area contributed by atoms with Gasteiger partial charge in [-0.3, -0.25) is 4.79 Å². The molecule has 20 heavy (non-hydrogen) atoms. The van der Waals surface area contributed by atoms with E-state index in [0.717, 1.165) is 0 Å². The Bertz CT molecular complexity index is 711. The summed E-state index contributed by atoms with van der Waals surface area (Å²) < 4.78 is 5.00. The maximum atomic E-state index is 11.3. The summed E-state index contributed by atoms with van der Waals surface area (Å²) in [6.07, 6.45) is 1.21. The van der Waals surface area contributed by atoms with Gasteiger partial charge in [-0.05, 0) is 12.1 Å². The molecular formula is C12H12N4O4. The molecule has 0 spiro atoms. The molecule has 5 N–H and O–H groups in total. The fraction of sp³-hybridized carbons (Fsp3) is 0.0833. The Balaban J connectivity index is 2.37. The van der Waals surface area contributed by atoms with Crippen LogP contribution in [0.2, 0.25) is 0 Å². The minimum Gasteiger partial charge on any atom is -0.496 e. The first-order chi connectivity index (χ1) is 9.52. The van der Waals surface area contributed by atoms with Gasteiger partial charge in [0.2, 0.25) is 0 Å². The first kappa shape index (κ1) is 13.4. The molecule has 1 aromatic carbocycles. The van der Waals surface area contributed by atoms with E-state index in [1.807, 2.05) is 0 Å². The summed E-state index contributed by atoms with van der Waals surface area (Å²) in [6, 6.07) is 4.38. The zero-order valence-corrected chi connectivity index (χ0v) is 10.5. The lowest BCUT2D eigenvalue weighted by Crippen LogP contribution is -2.14. The topological polar surface area (TPSA) is 130 Å². The predicted octanol–water partition coefficient (Wildman–Crippen LogP) is 0.802. The van der Waals surface area contributed by atoms with Crippen LogP contribution >= 0.6 is 0 Å². The number of H-pyrrole nitrogens is 1. The summed E-state index contributed by atoms with van der Waals surface area (Å²) in [6.45, 7) is 0. The monoisotopic (exact) mass is 276 g/mol. The van der Waals surface area contributed by atoms with Crippen molar-refractivity contribution in [1.29, 1.82) is 0 Å². The number of carboxylic acid groups (broad SMARTS) is 1. The molecule has 8 nitrogen and oxygen atoms in total. The van der Waals surface area contributed by atoms with Crippen molar-refractivity contribution in [2.45, 2.75) is 0 Å². The number of anilines is 3. The standard InChI is InChI=1S/C12H12N4O4/c1-20-8-4-6(2-3-7(8)12(18)19)16-10-9(13)11(17)15-5-14-10/h2-5H,13H2,1H3,(H,18,19)(H2,14,15,16,17). The van der Waals surface area contributed by atoms with Gasteiger partial charge in [-0.15, -0.1) is 0 Å². The van der Waals surface area contributed by atoms with Gasteiger partial charge in [0.25, 0.3) is 5.56 Å². The van der Waals surface area contributed by atoms with Gasteiger partial charge in [0.1, 0.15) is 17.0 Å². The number of aromatic nitrogens is 2. The van der Waals surface area contributed by atoms with Crippen LogP contribution in [0.4, 0.5) is 17.2 Å². The number of nitrogens with one attached hydrogen (secondary N) is 2. The Morgan fingerprint density at radius 2 is 2.25 bits per heavy atom. The van der Waals surface area contributed by atoms with Crippen LogP contribution in [0.1, 0.15) is 10.4 Å². The van der Waals surface area contributed by atoms with E-state index < -0.39 is 11.5 Å². The Morgan fingerprint density at radius 3 is 2.90 bits per heavy atom. The van der Waals surface area contributed by atoms with E-state index in [1.165, 1.54) is 31.6 Å². The highest BCUT2D eigenvalue weighted by Crippen LogP contribution is 2.25. The maximum absolute atomic E-state index is 11.3. The smallest absolute Gasteiger partial charge is 0.339 e. The van der Waals surface area contributed by atoms with Gasteiger partial charge >= 0.3 is 5.97 Å². The number of carbonyl (C=O) groups is 1. The molecule has 0 radical (unpaired) electrons. The number of aromatic amines is 1. The first-order valence-electron chi connectivity index (χ1n) is 5.54. The van der Waals surface area contributed by atoms with Gasteiger partial charge in [-0.25, -0.2) is 9.78 Å². The quantitative estimate of drug-likeness (QED) is 0.649. The molecule has 0 saturated carbocycles. The van der Waals surface area contributed by atoms with Crippen LogP contribution in [0.3, 0.4) is 0 Å². The predicted molar refractivity (Wildman–Crippen MR) is 72.5 cm³/mol. The number of carboxylic acids is 1. The van der Waals surface area contributed by atoms with Gasteiger partial charge in [0.15, 0.2) is 5.82 Å². The van der Waals surface area contributed by atoms with E-state index in [4.69, 9.17) is 15.6 Å². The normalized spacial score (nSPS) is 10.1. The van der Waals surface area contributed by atoms with Gasteiger partial charge in [-0.1, -0.05) is 0 Å². The molecule has 0 aliphatic heterocycles. The summed E-state index contributed by atoms with van der Waals surface area (Å²) in [4.78, 5) is 28.5. The van der Waals surface area contributed by atoms with Crippen LogP contribution in [0, 0.1) is 0 Å². The fourth-order valence-corrected chi connectivity index (χ4v) is 1.59. The van der Waals surface area contributed by atoms with Gasteiger partial charge in [0.05, 0.1) is 13.4 Å². The molecule has 0 aliphatic rings. The molecule has 0 unspecified atom stereocenters. The van der Waals surface area contributed by atoms with E-state index in [-0.39, 0.29) is 22.8 Å². The fourth-order valence-electron chi connectivity index (χ4n) is 1.59. The Hall–Kier alpha value is -3.03. The molecule has 0 bridgehead atoms. The van der Waals surface area contributed by atoms with Gasteiger partial charge < -0.3 is 25.9 Å². The SMILES string of the molecule is COc1cc(Nc2nc[nH]c(=O)c2N)ccc1C(=O)O. The van der Waals surface area contributed by atoms with Crippen LogP contribution < -0.4 is 21.3 Å². The van der Waals surface area contributed by atoms with Crippen molar-refractivity contribution in [2.24, 2.45) is 0 Å². The number of benzene rings is 1. The van der Waals surface area contributed by atoms with E-state index in [1.54, 1.807) is 0 Å². The van der Waals surface area contributed by atoms with Crippen molar-refractivity contribution in [3.05, 3.63) is 40.4 Å². The minimum atomic E-state index is -1.10. The number of nitrogens with two attached hydrogens (primary N) is 1. The number of rotatable bonds is 4. The third-order valence-corrected chi connectivity index (χ3v) is 2.58. The third kappa shape index (κ3) is 2.53. The van der Waals surface area contributed by atoms with E-state index in [0.29, 0.717) is 5.69 Å². The van der Waals surface area contributed by atoms with Crippen molar-refractivity contribution in [3.8, 4) is 5.75 Å². The van der Waals surface area contributed by atoms with Crippen LogP contribution in [0.5, 0.6) is 5.75 Å². The maximum Gasteiger partial charge on any atom is 0.339 e. The molecule has 104 valence electrons.